The number of nitriles is 1. The molecule has 0 saturated heterocycles. The van der Waals surface area contributed by atoms with Gasteiger partial charge in [-0.1, -0.05) is 17.8 Å². The quantitative estimate of drug-likeness (QED) is 0.670. The Labute approximate surface area is 119 Å². The highest BCUT2D eigenvalue weighted by atomic mass is 32.2. The van der Waals surface area contributed by atoms with Crippen LogP contribution in [-0.4, -0.2) is 14.8 Å². The number of aromatic nitrogens is 3. The highest BCUT2D eigenvalue weighted by molar-refractivity contribution is 7.98. The monoisotopic (exact) mass is 288 g/mol. The number of aryl methyl sites for hydroxylation is 2. The summed E-state index contributed by atoms with van der Waals surface area (Å²) in [5.74, 6) is 0.601. The molecule has 0 aliphatic heterocycles. The maximum atomic E-state index is 11.2. The van der Waals surface area contributed by atoms with E-state index < -0.39 is 11.1 Å². The van der Waals surface area contributed by atoms with Gasteiger partial charge < -0.3 is 0 Å². The zero-order valence-electron chi connectivity index (χ0n) is 11.0. The fourth-order valence-electron chi connectivity index (χ4n) is 1.66. The average Bonchev–Trinajstić information content (AvgIpc) is 2.42. The highest BCUT2D eigenvalue weighted by Crippen LogP contribution is 2.21. The van der Waals surface area contributed by atoms with Crippen LogP contribution in [-0.2, 0) is 12.8 Å². The molecule has 2 rings (SSSR count). The lowest BCUT2D eigenvalue weighted by Crippen LogP contribution is -2.33. The first-order valence-corrected chi connectivity index (χ1v) is 6.79. The number of rotatable bonds is 3. The van der Waals surface area contributed by atoms with Crippen molar-refractivity contribution in [1.82, 2.24) is 14.8 Å². The van der Waals surface area contributed by atoms with Crippen molar-refractivity contribution < 1.29 is 0 Å². The molecule has 6 nitrogen and oxygen atoms in total. The maximum Gasteiger partial charge on any atom is 0.339 e. The van der Waals surface area contributed by atoms with E-state index in [4.69, 9.17) is 5.26 Å². The van der Waals surface area contributed by atoms with E-state index >= 15 is 0 Å². The van der Waals surface area contributed by atoms with Crippen molar-refractivity contribution in [1.29, 1.82) is 5.26 Å². The number of aromatic amines is 1. The molecule has 0 aliphatic carbocycles. The third-order valence-corrected chi connectivity index (χ3v) is 3.85. The smallest absolute Gasteiger partial charge is 0.265 e. The van der Waals surface area contributed by atoms with Gasteiger partial charge in [0.15, 0.2) is 5.16 Å². The van der Waals surface area contributed by atoms with E-state index in [0.717, 1.165) is 11.1 Å². The fraction of sp³-hybridized carbons (Fsp3) is 0.231. The van der Waals surface area contributed by atoms with Gasteiger partial charge in [0.05, 0.1) is 11.6 Å². The Morgan fingerprint density at radius 3 is 2.85 bits per heavy atom. The predicted octanol–water partition coefficient (Wildman–Crippen LogP) is 0.941. The first-order valence-electron chi connectivity index (χ1n) is 5.81. The van der Waals surface area contributed by atoms with Gasteiger partial charge in [-0.15, -0.1) is 0 Å². The van der Waals surface area contributed by atoms with Crippen molar-refractivity contribution >= 4 is 11.8 Å². The zero-order chi connectivity index (χ0) is 14.7. The Kier molecular flexibility index (Phi) is 4.05. The lowest BCUT2D eigenvalue weighted by atomic mass is 10.1. The molecule has 0 fully saturated rings. The molecular formula is C13H12N4O2S. The van der Waals surface area contributed by atoms with Gasteiger partial charge in [-0.25, -0.2) is 0 Å². The zero-order valence-corrected chi connectivity index (χ0v) is 11.8. The molecule has 2 aromatic rings. The number of hydrogen-bond acceptors (Lipinski definition) is 5. The summed E-state index contributed by atoms with van der Waals surface area (Å²) in [5.41, 5.74) is 1.15. The maximum absolute atomic E-state index is 11.2. The molecule has 20 heavy (non-hydrogen) atoms. The lowest BCUT2D eigenvalue weighted by Gasteiger charge is -2.08. The van der Waals surface area contributed by atoms with Crippen LogP contribution in [0.5, 0.6) is 0 Å². The summed E-state index contributed by atoms with van der Waals surface area (Å²) in [5, 5.41) is 11.7. The van der Waals surface area contributed by atoms with Crippen LogP contribution >= 0.6 is 11.8 Å². The number of thioether (sulfide) groups is 1. The van der Waals surface area contributed by atoms with Crippen molar-refractivity contribution in [3.05, 3.63) is 55.6 Å². The summed E-state index contributed by atoms with van der Waals surface area (Å²) < 4.78 is 1.42. The number of nitrogens with zero attached hydrogens (tertiary/aromatic N) is 3. The summed E-state index contributed by atoms with van der Waals surface area (Å²) >= 11 is 1.35. The van der Waals surface area contributed by atoms with Crippen LogP contribution in [0.1, 0.15) is 16.7 Å². The van der Waals surface area contributed by atoms with Gasteiger partial charge in [0.25, 0.3) is 0 Å². The van der Waals surface area contributed by atoms with Gasteiger partial charge in [0.2, 0.25) is 0 Å². The predicted molar refractivity (Wildman–Crippen MR) is 75.6 cm³/mol. The van der Waals surface area contributed by atoms with E-state index in [0.29, 0.717) is 16.5 Å². The Morgan fingerprint density at radius 1 is 1.45 bits per heavy atom. The summed E-state index contributed by atoms with van der Waals surface area (Å²) in [6, 6.07) is 7.53. The fourth-order valence-corrected chi connectivity index (χ4v) is 2.65. The minimum Gasteiger partial charge on any atom is -0.265 e. The van der Waals surface area contributed by atoms with Gasteiger partial charge in [0, 0.05) is 12.8 Å². The molecule has 0 bridgehead atoms. The Balaban J connectivity index is 2.21. The minimum absolute atomic E-state index is 0.443. The van der Waals surface area contributed by atoms with E-state index in [1.807, 2.05) is 19.1 Å². The Hall–Kier alpha value is -2.33. The van der Waals surface area contributed by atoms with Crippen LogP contribution in [0.15, 0.2) is 32.9 Å². The molecule has 0 amide bonds. The van der Waals surface area contributed by atoms with Gasteiger partial charge in [-0.3, -0.25) is 19.4 Å². The second-order valence-electron chi connectivity index (χ2n) is 4.24. The van der Waals surface area contributed by atoms with Crippen LogP contribution in [0, 0.1) is 18.3 Å². The molecule has 0 radical (unpaired) electrons. The summed E-state index contributed by atoms with van der Waals surface area (Å²) in [6.07, 6.45) is 0. The minimum atomic E-state index is -0.790. The molecule has 1 heterocycles. The molecule has 1 aromatic carbocycles. The molecule has 1 N–H and O–H groups in total. The topological polar surface area (TPSA) is 91.5 Å². The Morgan fingerprint density at radius 2 is 2.20 bits per heavy atom. The van der Waals surface area contributed by atoms with Crippen LogP contribution in [0.4, 0.5) is 0 Å². The van der Waals surface area contributed by atoms with Gasteiger partial charge in [0.1, 0.15) is 0 Å². The highest BCUT2D eigenvalue weighted by Gasteiger charge is 2.06. The summed E-state index contributed by atoms with van der Waals surface area (Å²) in [7, 11) is 1.63. The van der Waals surface area contributed by atoms with Crippen molar-refractivity contribution in [3.63, 3.8) is 0 Å². The van der Waals surface area contributed by atoms with Crippen LogP contribution < -0.4 is 11.1 Å². The molecule has 0 spiro atoms. The molecule has 0 aliphatic rings. The van der Waals surface area contributed by atoms with E-state index in [2.05, 4.69) is 16.2 Å². The van der Waals surface area contributed by atoms with E-state index in [1.165, 1.54) is 16.4 Å². The standard InChI is InChI=1S/C13H12N4O2S/c1-8-5-9(6-14)3-4-10(8)7-20-13-15-11(18)12(19)16-17(13)2/h3-5H,7H2,1-2H3,(H,16,19). The van der Waals surface area contributed by atoms with Crippen LogP contribution in [0.3, 0.4) is 0 Å². The molecule has 0 saturated carbocycles. The van der Waals surface area contributed by atoms with Gasteiger partial charge in [-0.2, -0.15) is 10.2 Å². The van der Waals surface area contributed by atoms with Crippen molar-refractivity contribution in [2.75, 3.05) is 0 Å². The molecule has 0 unspecified atom stereocenters. The first kappa shape index (κ1) is 14.1. The van der Waals surface area contributed by atoms with Crippen molar-refractivity contribution in [2.45, 2.75) is 17.8 Å². The largest absolute Gasteiger partial charge is 0.339 e. The average molecular weight is 288 g/mol. The first-order chi connectivity index (χ1) is 9.51. The lowest BCUT2D eigenvalue weighted by molar-refractivity contribution is 0.596. The van der Waals surface area contributed by atoms with Crippen LogP contribution in [0.2, 0.25) is 0 Å². The van der Waals surface area contributed by atoms with Gasteiger partial charge in [-0.05, 0) is 30.2 Å². The van der Waals surface area contributed by atoms with Crippen LogP contribution in [0.25, 0.3) is 0 Å². The second kappa shape index (κ2) is 5.75. The molecule has 7 heteroatoms. The second-order valence-corrected chi connectivity index (χ2v) is 5.18. The van der Waals surface area contributed by atoms with Crippen molar-refractivity contribution in [3.8, 4) is 6.07 Å². The van der Waals surface area contributed by atoms with E-state index in [9.17, 15) is 9.59 Å². The van der Waals surface area contributed by atoms with E-state index in [1.54, 1.807) is 13.1 Å². The molecule has 0 atom stereocenters. The van der Waals surface area contributed by atoms with E-state index in [-0.39, 0.29) is 0 Å². The normalized spacial score (nSPS) is 10.2. The SMILES string of the molecule is Cc1cc(C#N)ccc1CSc1nc(=O)c(=O)[nH]n1C. The summed E-state index contributed by atoms with van der Waals surface area (Å²) in [6.45, 7) is 1.93. The number of nitrogens with one attached hydrogen (secondary N) is 1. The third-order valence-electron chi connectivity index (χ3n) is 2.78. The number of hydrogen-bond donors (Lipinski definition) is 1. The molecule has 1 aromatic heterocycles. The number of H-pyrrole nitrogens is 1. The molecular weight excluding hydrogens is 276 g/mol. The van der Waals surface area contributed by atoms with Gasteiger partial charge >= 0.3 is 11.1 Å². The third kappa shape index (κ3) is 2.97. The molecule has 102 valence electrons. The van der Waals surface area contributed by atoms with Crippen molar-refractivity contribution in [2.24, 2.45) is 7.05 Å². The Bertz CT molecular complexity index is 801. The summed E-state index contributed by atoms with van der Waals surface area (Å²) in [4.78, 5) is 26.1. The number of benzene rings is 1.